The molecule has 222 valence electrons. The minimum Gasteiger partial charge on any atom is -0.476 e. The summed E-state index contributed by atoms with van der Waals surface area (Å²) >= 11 is 0. The largest absolute Gasteiger partial charge is 0.476 e. The van der Waals surface area contributed by atoms with Crippen LogP contribution in [-0.2, 0) is 19.7 Å². The molecule has 2 saturated heterocycles. The molecule has 0 aliphatic carbocycles. The molecule has 2 aliphatic heterocycles. The monoisotopic (exact) mass is 570 g/mol. The van der Waals surface area contributed by atoms with Crippen LogP contribution in [0.25, 0.3) is 0 Å². The summed E-state index contributed by atoms with van der Waals surface area (Å²) in [6.45, 7) is 5.34. The minimum absolute atomic E-state index is 0.157. The fourth-order valence-electron chi connectivity index (χ4n) is 6.43. The number of hydrogen-bond acceptors (Lipinski definition) is 6. The molecule has 3 aromatic carbocycles. The summed E-state index contributed by atoms with van der Waals surface area (Å²) in [5.74, 6) is 0.118. The van der Waals surface area contributed by atoms with E-state index in [0.29, 0.717) is 44.6 Å². The van der Waals surface area contributed by atoms with Crippen LogP contribution in [0.15, 0.2) is 91.0 Å². The standard InChI is InChI=1S/C35H42N2O5/c1-2-41-32(38)31(42-30-18-10-5-11-19-30)34(40)20-25-36(26-21-34)27-22-35(28-14-6-3-7-15-28,29-16-8-4-9-17-29)33(39)37-23-12-13-24-37/h3-11,14-19,31,40H,2,12-13,20-27H2,1H3. The van der Waals surface area contributed by atoms with Gasteiger partial charge >= 0.3 is 5.97 Å². The lowest BCUT2D eigenvalue weighted by Gasteiger charge is -2.43. The molecule has 42 heavy (non-hydrogen) atoms. The molecule has 2 aliphatic rings. The van der Waals surface area contributed by atoms with Crippen LogP contribution in [-0.4, -0.2) is 77.8 Å². The van der Waals surface area contributed by atoms with E-state index in [-0.39, 0.29) is 12.5 Å². The number of benzene rings is 3. The zero-order valence-electron chi connectivity index (χ0n) is 24.5. The average molecular weight is 571 g/mol. The smallest absolute Gasteiger partial charge is 0.350 e. The normalized spacial score (nSPS) is 17.9. The fraction of sp³-hybridized carbons (Fsp3) is 0.429. The van der Waals surface area contributed by atoms with Gasteiger partial charge in [-0.2, -0.15) is 0 Å². The van der Waals surface area contributed by atoms with E-state index in [1.54, 1.807) is 19.1 Å². The van der Waals surface area contributed by atoms with Gasteiger partial charge in [0.1, 0.15) is 16.8 Å². The van der Waals surface area contributed by atoms with Crippen molar-refractivity contribution < 1.29 is 24.2 Å². The van der Waals surface area contributed by atoms with E-state index >= 15 is 0 Å². The van der Waals surface area contributed by atoms with Crippen molar-refractivity contribution in [3.8, 4) is 5.75 Å². The molecule has 1 amide bonds. The fourth-order valence-corrected chi connectivity index (χ4v) is 6.43. The first-order valence-corrected chi connectivity index (χ1v) is 15.2. The van der Waals surface area contributed by atoms with Gasteiger partial charge in [0.2, 0.25) is 12.0 Å². The van der Waals surface area contributed by atoms with Crippen molar-refractivity contribution in [1.82, 2.24) is 9.80 Å². The van der Waals surface area contributed by atoms with E-state index in [1.165, 1.54) is 0 Å². The summed E-state index contributed by atoms with van der Waals surface area (Å²) in [7, 11) is 0. The number of rotatable bonds is 11. The number of carbonyl (C=O) groups excluding carboxylic acids is 2. The number of carbonyl (C=O) groups is 2. The Bertz CT molecular complexity index is 1250. The summed E-state index contributed by atoms with van der Waals surface area (Å²) in [5, 5.41) is 11.7. The Hall–Kier alpha value is -3.68. The third kappa shape index (κ3) is 6.37. The quantitative estimate of drug-likeness (QED) is 0.333. The number of hydrogen-bond donors (Lipinski definition) is 1. The molecule has 3 aromatic rings. The third-order valence-electron chi connectivity index (χ3n) is 8.80. The Morgan fingerprint density at radius 2 is 1.36 bits per heavy atom. The SMILES string of the molecule is CCOC(=O)C(Oc1ccccc1)C1(O)CCN(CCC(C(=O)N2CCCC2)(c2ccccc2)c2ccccc2)CC1. The van der Waals surface area contributed by atoms with Crippen LogP contribution in [0.1, 0.15) is 50.2 Å². The maximum Gasteiger partial charge on any atom is 0.350 e. The molecule has 0 radical (unpaired) electrons. The van der Waals surface area contributed by atoms with Gasteiger partial charge in [-0.3, -0.25) is 4.79 Å². The number of amides is 1. The highest BCUT2D eigenvalue weighted by atomic mass is 16.6. The molecule has 1 atom stereocenters. The van der Waals surface area contributed by atoms with Gasteiger partial charge in [-0.15, -0.1) is 0 Å². The molecule has 5 rings (SSSR count). The molecule has 7 nitrogen and oxygen atoms in total. The molecule has 0 saturated carbocycles. The molecule has 1 N–H and O–H groups in total. The third-order valence-corrected chi connectivity index (χ3v) is 8.80. The van der Waals surface area contributed by atoms with E-state index in [0.717, 1.165) is 37.1 Å². The maximum absolute atomic E-state index is 14.4. The van der Waals surface area contributed by atoms with Crippen LogP contribution >= 0.6 is 0 Å². The first-order valence-electron chi connectivity index (χ1n) is 15.2. The summed E-state index contributed by atoms with van der Waals surface area (Å²) < 4.78 is 11.3. The van der Waals surface area contributed by atoms with Gasteiger partial charge in [0.15, 0.2) is 0 Å². The Labute approximate surface area is 249 Å². The van der Waals surface area contributed by atoms with Crippen LogP contribution in [0.4, 0.5) is 0 Å². The zero-order valence-corrected chi connectivity index (χ0v) is 24.5. The number of aliphatic hydroxyl groups is 1. The van der Waals surface area contributed by atoms with Gasteiger partial charge in [0.05, 0.1) is 6.61 Å². The molecular weight excluding hydrogens is 528 g/mol. The van der Waals surface area contributed by atoms with E-state index in [9.17, 15) is 14.7 Å². The molecule has 0 spiro atoms. The summed E-state index contributed by atoms with van der Waals surface area (Å²) in [6, 6.07) is 29.4. The predicted molar refractivity (Wildman–Crippen MR) is 162 cm³/mol. The van der Waals surface area contributed by atoms with Gasteiger partial charge in [0, 0.05) is 26.2 Å². The van der Waals surface area contributed by atoms with E-state index in [2.05, 4.69) is 29.2 Å². The number of ether oxygens (including phenoxy) is 2. The highest BCUT2D eigenvalue weighted by Crippen LogP contribution is 2.40. The molecule has 0 aromatic heterocycles. The van der Waals surface area contributed by atoms with Crippen LogP contribution in [0, 0.1) is 0 Å². The Kier molecular flexibility index (Phi) is 9.60. The van der Waals surface area contributed by atoms with Gasteiger partial charge in [-0.1, -0.05) is 78.9 Å². The second kappa shape index (κ2) is 13.5. The summed E-state index contributed by atoms with van der Waals surface area (Å²) in [6.07, 6.45) is 2.26. The van der Waals surface area contributed by atoms with Crippen molar-refractivity contribution in [1.29, 1.82) is 0 Å². The molecular formula is C35H42N2O5. The predicted octanol–water partition coefficient (Wildman–Crippen LogP) is 4.82. The lowest BCUT2D eigenvalue weighted by molar-refractivity contribution is -0.171. The molecule has 1 unspecified atom stereocenters. The van der Waals surface area contributed by atoms with Crippen molar-refractivity contribution in [3.63, 3.8) is 0 Å². The van der Waals surface area contributed by atoms with E-state index in [4.69, 9.17) is 9.47 Å². The van der Waals surface area contributed by atoms with Crippen LogP contribution in [0.3, 0.4) is 0 Å². The summed E-state index contributed by atoms with van der Waals surface area (Å²) in [4.78, 5) is 31.7. The molecule has 7 heteroatoms. The van der Waals surface area contributed by atoms with Gasteiger partial charge in [-0.05, 0) is 68.8 Å². The second-order valence-electron chi connectivity index (χ2n) is 11.4. The van der Waals surface area contributed by atoms with Crippen LogP contribution < -0.4 is 4.74 Å². The van der Waals surface area contributed by atoms with E-state index in [1.807, 2.05) is 59.5 Å². The van der Waals surface area contributed by atoms with Crippen LogP contribution in [0.2, 0.25) is 0 Å². The van der Waals surface area contributed by atoms with Crippen molar-refractivity contribution in [2.75, 3.05) is 39.3 Å². The summed E-state index contributed by atoms with van der Waals surface area (Å²) in [5.41, 5.74) is -0.176. The van der Waals surface area contributed by atoms with Crippen LogP contribution in [0.5, 0.6) is 5.75 Å². The number of esters is 1. The first kappa shape index (κ1) is 29.8. The first-order chi connectivity index (χ1) is 20.5. The number of piperidine rings is 1. The molecule has 2 heterocycles. The Balaban J connectivity index is 1.36. The highest BCUT2D eigenvalue weighted by Gasteiger charge is 2.48. The van der Waals surface area contributed by atoms with Crippen molar-refractivity contribution in [2.24, 2.45) is 0 Å². The average Bonchev–Trinajstić information content (AvgIpc) is 3.58. The molecule has 0 bridgehead atoms. The number of para-hydroxylation sites is 1. The van der Waals surface area contributed by atoms with Crippen molar-refractivity contribution in [3.05, 3.63) is 102 Å². The number of nitrogens with zero attached hydrogens (tertiary/aromatic N) is 2. The maximum atomic E-state index is 14.4. The Morgan fingerprint density at radius 3 is 1.88 bits per heavy atom. The topological polar surface area (TPSA) is 79.3 Å². The minimum atomic E-state index is -1.36. The lowest BCUT2D eigenvalue weighted by atomic mass is 9.70. The van der Waals surface area contributed by atoms with Gasteiger partial charge in [0.25, 0.3) is 0 Å². The number of likely N-dealkylation sites (tertiary alicyclic amines) is 2. The van der Waals surface area contributed by atoms with Crippen molar-refractivity contribution >= 4 is 11.9 Å². The van der Waals surface area contributed by atoms with E-state index < -0.39 is 23.1 Å². The van der Waals surface area contributed by atoms with Gasteiger partial charge < -0.3 is 24.4 Å². The van der Waals surface area contributed by atoms with Crippen molar-refractivity contribution in [2.45, 2.75) is 56.1 Å². The molecule has 2 fully saturated rings. The Morgan fingerprint density at radius 1 is 0.833 bits per heavy atom. The second-order valence-corrected chi connectivity index (χ2v) is 11.4. The lowest BCUT2D eigenvalue weighted by Crippen LogP contribution is -2.57. The zero-order chi connectivity index (χ0) is 29.4. The van der Waals surface area contributed by atoms with Gasteiger partial charge in [-0.25, -0.2) is 4.79 Å². The highest BCUT2D eigenvalue weighted by molar-refractivity contribution is 5.92.